The molecule has 1 aliphatic heterocycles. The zero-order valence-corrected chi connectivity index (χ0v) is 10.8. The molecule has 20 heavy (non-hydrogen) atoms. The van der Waals surface area contributed by atoms with Gasteiger partial charge < -0.3 is 5.73 Å². The van der Waals surface area contributed by atoms with Gasteiger partial charge >= 0.3 is 0 Å². The number of nitrogens with two attached hydrogens (primary N) is 1. The summed E-state index contributed by atoms with van der Waals surface area (Å²) in [6.45, 7) is 0.652. The Kier molecular flexibility index (Phi) is 3.02. The summed E-state index contributed by atoms with van der Waals surface area (Å²) in [5.41, 5.74) is 8.21. The van der Waals surface area contributed by atoms with E-state index in [1.54, 1.807) is 7.05 Å². The van der Waals surface area contributed by atoms with Crippen molar-refractivity contribution >= 4 is 0 Å². The molecule has 0 spiro atoms. The van der Waals surface area contributed by atoms with E-state index in [1.165, 1.54) is 4.68 Å². The molecular weight excluding hydrogens is 269 g/mol. The molecular formula is C13H13F3N4. The quantitative estimate of drug-likeness (QED) is 0.781. The molecule has 1 aromatic heterocycles. The number of rotatable bonds is 1. The van der Waals surface area contributed by atoms with Crippen molar-refractivity contribution < 1.29 is 13.2 Å². The van der Waals surface area contributed by atoms with E-state index in [0.717, 1.165) is 17.7 Å². The molecule has 3 rings (SSSR count). The Morgan fingerprint density at radius 1 is 1.30 bits per heavy atom. The van der Waals surface area contributed by atoms with Crippen LogP contribution in [0.2, 0.25) is 0 Å². The lowest BCUT2D eigenvalue weighted by Gasteiger charge is -2.19. The van der Waals surface area contributed by atoms with Crippen LogP contribution in [0.4, 0.5) is 13.2 Å². The molecule has 0 radical (unpaired) electrons. The van der Waals surface area contributed by atoms with Crippen LogP contribution in [0.1, 0.15) is 17.4 Å². The van der Waals surface area contributed by atoms with Gasteiger partial charge in [0.1, 0.15) is 6.17 Å². The summed E-state index contributed by atoms with van der Waals surface area (Å²) in [4.78, 5) is 0. The van der Waals surface area contributed by atoms with E-state index in [0.29, 0.717) is 24.4 Å². The van der Waals surface area contributed by atoms with Gasteiger partial charge in [-0.15, -0.1) is 0 Å². The fourth-order valence-electron chi connectivity index (χ4n) is 2.59. The van der Waals surface area contributed by atoms with Gasteiger partial charge in [0.25, 0.3) is 0 Å². The summed E-state index contributed by atoms with van der Waals surface area (Å²) in [5.74, 6) is -3.90. The minimum atomic E-state index is -1.47. The molecule has 1 aromatic carbocycles. The summed E-state index contributed by atoms with van der Waals surface area (Å²) >= 11 is 0. The van der Waals surface area contributed by atoms with Crippen LogP contribution in [0.15, 0.2) is 12.1 Å². The van der Waals surface area contributed by atoms with Crippen LogP contribution in [0, 0.1) is 17.5 Å². The Bertz CT molecular complexity index is 657. The summed E-state index contributed by atoms with van der Waals surface area (Å²) in [6, 6.07) is 1.95. The zero-order valence-electron chi connectivity index (χ0n) is 10.8. The van der Waals surface area contributed by atoms with Gasteiger partial charge in [0, 0.05) is 24.7 Å². The van der Waals surface area contributed by atoms with Crippen molar-refractivity contribution in [1.29, 1.82) is 0 Å². The summed E-state index contributed by atoms with van der Waals surface area (Å²) in [7, 11) is 1.67. The molecule has 106 valence electrons. The molecule has 0 aliphatic carbocycles. The second-order valence-corrected chi connectivity index (χ2v) is 4.77. The molecule has 1 atom stereocenters. The Morgan fingerprint density at radius 2 is 1.95 bits per heavy atom. The number of nitrogens with one attached hydrogen (secondary N) is 1. The second-order valence-electron chi connectivity index (χ2n) is 4.77. The maximum Gasteiger partial charge on any atom is 0.194 e. The molecule has 2 aromatic rings. The Hall–Kier alpha value is -1.86. The SMILES string of the molecule is Cn1nc2c(c1-c1cc(F)c(F)c(F)c1)CCN[C@H]2N. The normalized spacial score (nSPS) is 18.1. The lowest BCUT2D eigenvalue weighted by atomic mass is 9.99. The van der Waals surface area contributed by atoms with Crippen LogP contribution in [0.3, 0.4) is 0 Å². The van der Waals surface area contributed by atoms with E-state index < -0.39 is 23.6 Å². The highest BCUT2D eigenvalue weighted by atomic mass is 19.2. The van der Waals surface area contributed by atoms with Crippen LogP contribution >= 0.6 is 0 Å². The number of aromatic nitrogens is 2. The number of halogens is 3. The van der Waals surface area contributed by atoms with E-state index in [9.17, 15) is 13.2 Å². The van der Waals surface area contributed by atoms with Crippen molar-refractivity contribution in [1.82, 2.24) is 15.1 Å². The lowest BCUT2D eigenvalue weighted by molar-refractivity contribution is 0.447. The molecule has 4 nitrogen and oxygen atoms in total. The molecule has 3 N–H and O–H groups in total. The van der Waals surface area contributed by atoms with Crippen molar-refractivity contribution in [2.75, 3.05) is 6.54 Å². The number of fused-ring (bicyclic) bond motifs is 1. The highest BCUT2D eigenvalue weighted by molar-refractivity contribution is 5.65. The van der Waals surface area contributed by atoms with E-state index in [1.807, 2.05) is 0 Å². The van der Waals surface area contributed by atoms with E-state index >= 15 is 0 Å². The first-order chi connectivity index (χ1) is 9.49. The van der Waals surface area contributed by atoms with Gasteiger partial charge in [-0.1, -0.05) is 0 Å². The molecule has 0 saturated carbocycles. The topological polar surface area (TPSA) is 55.9 Å². The third-order valence-electron chi connectivity index (χ3n) is 3.47. The summed E-state index contributed by atoms with van der Waals surface area (Å²) in [5, 5.41) is 7.34. The predicted octanol–water partition coefficient (Wildman–Crippen LogP) is 1.61. The monoisotopic (exact) mass is 282 g/mol. The molecule has 7 heteroatoms. The number of nitrogens with zero attached hydrogens (tertiary/aromatic N) is 2. The average molecular weight is 282 g/mol. The standard InChI is InChI=1S/C13H13F3N4/c1-20-12(6-4-8(14)10(16)9(15)5-6)7-2-3-18-13(17)11(7)19-20/h4-5,13,18H,2-3,17H2,1H3/t13-/m1/s1. The third kappa shape index (κ3) is 1.90. The van der Waals surface area contributed by atoms with Crippen LogP contribution in [0.5, 0.6) is 0 Å². The zero-order chi connectivity index (χ0) is 14.4. The highest BCUT2D eigenvalue weighted by Crippen LogP contribution is 2.31. The number of aryl methyl sites for hydroxylation is 1. The summed E-state index contributed by atoms with van der Waals surface area (Å²) < 4.78 is 41.4. The summed E-state index contributed by atoms with van der Waals surface area (Å²) in [6.07, 6.45) is 0.237. The first-order valence-electron chi connectivity index (χ1n) is 6.18. The van der Waals surface area contributed by atoms with Gasteiger partial charge in [0.15, 0.2) is 17.5 Å². The highest BCUT2D eigenvalue weighted by Gasteiger charge is 2.26. The van der Waals surface area contributed by atoms with Crippen LogP contribution in [0.25, 0.3) is 11.3 Å². The van der Waals surface area contributed by atoms with Gasteiger partial charge in [0.05, 0.1) is 11.4 Å². The van der Waals surface area contributed by atoms with Gasteiger partial charge in [0.2, 0.25) is 0 Å². The van der Waals surface area contributed by atoms with Crippen molar-refractivity contribution in [3.05, 3.63) is 40.8 Å². The molecule has 0 bridgehead atoms. The van der Waals surface area contributed by atoms with Crippen LogP contribution < -0.4 is 11.1 Å². The Balaban J connectivity index is 2.20. The van der Waals surface area contributed by atoms with Gasteiger partial charge in [-0.05, 0) is 18.6 Å². The average Bonchev–Trinajstić information content (AvgIpc) is 2.73. The largest absolute Gasteiger partial charge is 0.311 e. The fourth-order valence-corrected chi connectivity index (χ4v) is 2.59. The molecule has 2 heterocycles. The van der Waals surface area contributed by atoms with Crippen LogP contribution in [-0.2, 0) is 13.5 Å². The van der Waals surface area contributed by atoms with Crippen molar-refractivity contribution in [3.63, 3.8) is 0 Å². The van der Waals surface area contributed by atoms with Gasteiger partial charge in [-0.3, -0.25) is 10.00 Å². The molecule has 0 amide bonds. The smallest absolute Gasteiger partial charge is 0.194 e. The van der Waals surface area contributed by atoms with E-state index in [-0.39, 0.29) is 5.56 Å². The predicted molar refractivity (Wildman–Crippen MR) is 67.2 cm³/mol. The molecule has 0 fully saturated rings. The third-order valence-corrected chi connectivity index (χ3v) is 3.47. The Labute approximate surface area is 113 Å². The number of hydrogen-bond donors (Lipinski definition) is 2. The van der Waals surface area contributed by atoms with Crippen molar-refractivity contribution in [2.45, 2.75) is 12.6 Å². The first kappa shape index (κ1) is 13.1. The number of benzene rings is 1. The maximum atomic E-state index is 13.4. The fraction of sp³-hybridized carbons (Fsp3) is 0.308. The minimum absolute atomic E-state index is 0.256. The van der Waals surface area contributed by atoms with Gasteiger partial charge in [-0.2, -0.15) is 5.10 Å². The minimum Gasteiger partial charge on any atom is -0.311 e. The van der Waals surface area contributed by atoms with E-state index in [4.69, 9.17) is 5.73 Å². The van der Waals surface area contributed by atoms with E-state index in [2.05, 4.69) is 10.4 Å². The number of hydrogen-bond acceptors (Lipinski definition) is 3. The van der Waals surface area contributed by atoms with Crippen molar-refractivity contribution in [3.8, 4) is 11.3 Å². The van der Waals surface area contributed by atoms with Crippen molar-refractivity contribution in [2.24, 2.45) is 12.8 Å². The van der Waals surface area contributed by atoms with Gasteiger partial charge in [-0.25, -0.2) is 13.2 Å². The Morgan fingerprint density at radius 3 is 2.60 bits per heavy atom. The van der Waals surface area contributed by atoms with Crippen LogP contribution in [-0.4, -0.2) is 16.3 Å². The first-order valence-corrected chi connectivity index (χ1v) is 6.18. The second kappa shape index (κ2) is 4.60. The molecule has 0 unspecified atom stereocenters. The molecule has 1 aliphatic rings. The lowest BCUT2D eigenvalue weighted by Crippen LogP contribution is -2.35. The maximum absolute atomic E-state index is 13.4. The molecule has 0 saturated heterocycles.